The Morgan fingerprint density at radius 3 is 2.60 bits per heavy atom. The van der Waals surface area contributed by atoms with E-state index in [9.17, 15) is 0 Å². The molecule has 1 fully saturated rings. The third-order valence-corrected chi connectivity index (χ3v) is 4.41. The number of aryl methyl sites for hydroxylation is 2. The second kappa shape index (κ2) is 5.81. The summed E-state index contributed by atoms with van der Waals surface area (Å²) in [5, 5.41) is 7.73. The molecule has 4 nitrogen and oxygen atoms in total. The van der Waals surface area contributed by atoms with Gasteiger partial charge in [-0.05, 0) is 44.9 Å². The first kappa shape index (κ1) is 14.8. The number of ether oxygens (including phenoxy) is 1. The number of hydrogen-bond acceptors (Lipinski definition) is 3. The summed E-state index contributed by atoms with van der Waals surface area (Å²) >= 11 is 0. The monoisotopic (exact) mass is 275 g/mol. The first-order valence-corrected chi connectivity index (χ1v) is 7.37. The molecule has 1 aliphatic carbocycles. The average molecular weight is 275 g/mol. The molecule has 0 radical (unpaired) electrons. The molecule has 1 aromatic rings. The summed E-state index contributed by atoms with van der Waals surface area (Å²) in [5.74, 6) is 2.19. The molecule has 1 aliphatic rings. The maximum Gasteiger partial charge on any atom is 0.134 e. The van der Waals surface area contributed by atoms with Crippen molar-refractivity contribution in [2.75, 3.05) is 0 Å². The molecule has 1 saturated carbocycles. The minimum Gasteiger partial charge on any atom is -0.490 e. The molecule has 0 saturated heterocycles. The second-order valence-corrected chi connectivity index (χ2v) is 6.14. The van der Waals surface area contributed by atoms with Crippen LogP contribution in [0.2, 0.25) is 0 Å². The quantitative estimate of drug-likeness (QED) is 0.657. The molecule has 0 aliphatic heterocycles. The SMILES string of the molecule is Cc1cc(OC2CCC(C)C(C)C2)c(C(=N)N)c(C)n1. The summed E-state index contributed by atoms with van der Waals surface area (Å²) in [4.78, 5) is 4.37. The lowest BCUT2D eigenvalue weighted by atomic mass is 9.80. The van der Waals surface area contributed by atoms with Crippen molar-refractivity contribution < 1.29 is 4.74 Å². The van der Waals surface area contributed by atoms with Crippen LogP contribution in [-0.2, 0) is 0 Å². The smallest absolute Gasteiger partial charge is 0.134 e. The lowest BCUT2D eigenvalue weighted by Crippen LogP contribution is -2.29. The molecular formula is C16H25N3O. The number of nitrogens with zero attached hydrogens (tertiary/aromatic N) is 1. The summed E-state index contributed by atoms with van der Waals surface area (Å²) in [5.41, 5.74) is 7.99. The topological polar surface area (TPSA) is 72.0 Å². The maximum atomic E-state index is 7.73. The highest BCUT2D eigenvalue weighted by molar-refractivity contribution is 5.98. The number of amidine groups is 1. The third kappa shape index (κ3) is 3.11. The van der Waals surface area contributed by atoms with Gasteiger partial charge < -0.3 is 10.5 Å². The molecule has 110 valence electrons. The predicted molar refractivity (Wildman–Crippen MR) is 81.3 cm³/mol. The molecule has 3 N–H and O–H groups in total. The molecule has 0 aromatic carbocycles. The van der Waals surface area contributed by atoms with E-state index in [2.05, 4.69) is 18.8 Å². The van der Waals surface area contributed by atoms with E-state index in [1.54, 1.807) is 0 Å². The Hall–Kier alpha value is -1.58. The summed E-state index contributed by atoms with van der Waals surface area (Å²) < 4.78 is 6.17. The average Bonchev–Trinajstić information content (AvgIpc) is 2.32. The van der Waals surface area contributed by atoms with Crippen LogP contribution in [0.3, 0.4) is 0 Å². The number of pyridine rings is 1. The van der Waals surface area contributed by atoms with Crippen LogP contribution in [0.25, 0.3) is 0 Å². The Balaban J connectivity index is 2.23. The van der Waals surface area contributed by atoms with Gasteiger partial charge in [-0.2, -0.15) is 0 Å². The van der Waals surface area contributed by atoms with E-state index in [-0.39, 0.29) is 11.9 Å². The van der Waals surface area contributed by atoms with Gasteiger partial charge in [0.05, 0.1) is 17.4 Å². The van der Waals surface area contributed by atoms with E-state index >= 15 is 0 Å². The molecule has 20 heavy (non-hydrogen) atoms. The van der Waals surface area contributed by atoms with E-state index in [0.29, 0.717) is 17.2 Å². The molecule has 1 heterocycles. The highest BCUT2D eigenvalue weighted by Crippen LogP contribution is 2.33. The minimum atomic E-state index is 0.0298. The van der Waals surface area contributed by atoms with Gasteiger partial charge in [0.25, 0.3) is 0 Å². The van der Waals surface area contributed by atoms with Crippen LogP contribution in [0.1, 0.15) is 50.1 Å². The number of aromatic nitrogens is 1. The second-order valence-electron chi connectivity index (χ2n) is 6.14. The number of nitrogen functional groups attached to an aromatic ring is 1. The van der Waals surface area contributed by atoms with Crippen molar-refractivity contribution in [2.24, 2.45) is 17.6 Å². The van der Waals surface area contributed by atoms with Crippen molar-refractivity contribution in [2.45, 2.75) is 53.1 Å². The van der Waals surface area contributed by atoms with Crippen molar-refractivity contribution in [1.82, 2.24) is 4.98 Å². The van der Waals surface area contributed by atoms with Gasteiger partial charge in [0.15, 0.2) is 0 Å². The number of rotatable bonds is 3. The Bertz CT molecular complexity index is 513. The lowest BCUT2D eigenvalue weighted by Gasteiger charge is -2.32. The highest BCUT2D eigenvalue weighted by atomic mass is 16.5. The van der Waals surface area contributed by atoms with E-state index in [4.69, 9.17) is 15.9 Å². The van der Waals surface area contributed by atoms with Gasteiger partial charge in [-0.3, -0.25) is 10.4 Å². The largest absolute Gasteiger partial charge is 0.490 e. The molecule has 3 atom stereocenters. The van der Waals surface area contributed by atoms with Crippen LogP contribution >= 0.6 is 0 Å². The van der Waals surface area contributed by atoms with Gasteiger partial charge in [0.1, 0.15) is 11.6 Å². The Labute approximate surface area is 121 Å². The number of hydrogen-bond donors (Lipinski definition) is 2. The summed E-state index contributed by atoms with van der Waals surface area (Å²) in [6.07, 6.45) is 3.56. The van der Waals surface area contributed by atoms with Crippen molar-refractivity contribution >= 4 is 5.84 Å². The molecule has 0 bridgehead atoms. The standard InChI is InChI=1S/C16H25N3O/c1-9-5-6-13(7-10(9)2)20-14-8-11(3)19-12(4)15(14)16(17)18/h8-10,13H,5-7H2,1-4H3,(H3,17,18). The molecule has 0 amide bonds. The van der Waals surface area contributed by atoms with Crippen LogP contribution in [0, 0.1) is 31.1 Å². The lowest BCUT2D eigenvalue weighted by molar-refractivity contribution is 0.100. The fourth-order valence-corrected chi connectivity index (χ4v) is 3.00. The molecule has 4 heteroatoms. The molecule has 0 spiro atoms. The van der Waals surface area contributed by atoms with Gasteiger partial charge in [0, 0.05) is 11.8 Å². The zero-order chi connectivity index (χ0) is 14.9. The summed E-state index contributed by atoms with van der Waals surface area (Å²) in [6, 6.07) is 1.90. The zero-order valence-corrected chi connectivity index (χ0v) is 12.9. The Morgan fingerprint density at radius 2 is 2.00 bits per heavy atom. The van der Waals surface area contributed by atoms with Gasteiger partial charge >= 0.3 is 0 Å². The van der Waals surface area contributed by atoms with Crippen molar-refractivity contribution in [3.8, 4) is 5.75 Å². The van der Waals surface area contributed by atoms with Crippen LogP contribution < -0.4 is 10.5 Å². The van der Waals surface area contributed by atoms with Crippen LogP contribution in [0.5, 0.6) is 5.75 Å². The van der Waals surface area contributed by atoms with Gasteiger partial charge in [-0.15, -0.1) is 0 Å². The van der Waals surface area contributed by atoms with Gasteiger partial charge in [0.2, 0.25) is 0 Å². The number of nitrogens with two attached hydrogens (primary N) is 1. The fraction of sp³-hybridized carbons (Fsp3) is 0.625. The first-order valence-electron chi connectivity index (χ1n) is 7.37. The van der Waals surface area contributed by atoms with E-state index < -0.39 is 0 Å². The van der Waals surface area contributed by atoms with Gasteiger partial charge in [-0.25, -0.2) is 0 Å². The highest BCUT2D eigenvalue weighted by Gasteiger charge is 2.27. The number of nitrogens with one attached hydrogen (secondary N) is 1. The van der Waals surface area contributed by atoms with Crippen molar-refractivity contribution in [1.29, 1.82) is 5.41 Å². The minimum absolute atomic E-state index is 0.0298. The van der Waals surface area contributed by atoms with Crippen molar-refractivity contribution in [3.05, 3.63) is 23.0 Å². The normalized spacial score (nSPS) is 26.3. The van der Waals surface area contributed by atoms with Crippen LogP contribution in [0.15, 0.2) is 6.07 Å². The van der Waals surface area contributed by atoms with E-state index in [1.165, 1.54) is 6.42 Å². The van der Waals surface area contributed by atoms with Crippen LogP contribution in [0.4, 0.5) is 0 Å². The van der Waals surface area contributed by atoms with E-state index in [0.717, 1.165) is 30.1 Å². The summed E-state index contributed by atoms with van der Waals surface area (Å²) in [6.45, 7) is 8.41. The Kier molecular flexibility index (Phi) is 4.31. The maximum absolute atomic E-state index is 7.73. The fourth-order valence-electron chi connectivity index (χ4n) is 3.00. The predicted octanol–water partition coefficient (Wildman–Crippen LogP) is 3.19. The third-order valence-electron chi connectivity index (χ3n) is 4.41. The molecule has 1 aromatic heterocycles. The molecular weight excluding hydrogens is 250 g/mol. The Morgan fingerprint density at radius 1 is 1.30 bits per heavy atom. The van der Waals surface area contributed by atoms with Crippen molar-refractivity contribution in [3.63, 3.8) is 0 Å². The van der Waals surface area contributed by atoms with Crippen LogP contribution in [-0.4, -0.2) is 16.9 Å². The van der Waals surface area contributed by atoms with Gasteiger partial charge in [-0.1, -0.05) is 13.8 Å². The molecule has 2 rings (SSSR count). The molecule has 3 unspecified atom stereocenters. The first-order chi connectivity index (χ1) is 9.38. The zero-order valence-electron chi connectivity index (χ0n) is 12.9. The van der Waals surface area contributed by atoms with E-state index in [1.807, 2.05) is 19.9 Å². The summed E-state index contributed by atoms with van der Waals surface area (Å²) in [7, 11) is 0.